The molecule has 3 rings (SSSR count). The molecule has 2 saturated heterocycles. The van der Waals surface area contributed by atoms with Gasteiger partial charge in [-0.1, -0.05) is 12.1 Å². The molecule has 1 aromatic rings. The van der Waals surface area contributed by atoms with E-state index in [2.05, 4.69) is 27.7 Å². The van der Waals surface area contributed by atoms with Crippen LogP contribution >= 0.6 is 23.5 Å². The van der Waals surface area contributed by atoms with E-state index in [-0.39, 0.29) is 5.91 Å². The zero-order valence-electron chi connectivity index (χ0n) is 13.4. The molecule has 1 aromatic carbocycles. The fourth-order valence-corrected chi connectivity index (χ4v) is 5.74. The third-order valence-corrected chi connectivity index (χ3v) is 7.32. The molecule has 126 valence electrons. The predicted octanol–water partition coefficient (Wildman–Crippen LogP) is 2.19. The quantitative estimate of drug-likeness (QED) is 0.769. The first-order valence-electron chi connectivity index (χ1n) is 8.37. The maximum Gasteiger partial charge on any atom is 0.251 e. The number of carbonyl (C=O) groups is 1. The molecule has 0 spiro atoms. The number of amides is 1. The summed E-state index contributed by atoms with van der Waals surface area (Å²) in [4.78, 5) is 14.6. The van der Waals surface area contributed by atoms with Crippen LogP contribution in [0.2, 0.25) is 0 Å². The zero-order chi connectivity index (χ0) is 15.9. The van der Waals surface area contributed by atoms with Gasteiger partial charge in [-0.2, -0.15) is 0 Å². The standard InChI is InChI=1S/C17H25N3OS2/c21-16(19-6-1-9-20-10-7-18-8-11-20)14-2-4-15(5-3-14)17-22-12-13-23-17/h2-5,17-18H,1,6-13H2,(H,19,21). The minimum atomic E-state index is 0.0450. The Hall–Kier alpha value is -0.690. The molecule has 2 aliphatic rings. The summed E-state index contributed by atoms with van der Waals surface area (Å²) in [6, 6.07) is 8.12. The Balaban J connectivity index is 1.39. The summed E-state index contributed by atoms with van der Waals surface area (Å²) in [6.45, 7) is 6.21. The molecular weight excluding hydrogens is 326 g/mol. The smallest absolute Gasteiger partial charge is 0.251 e. The van der Waals surface area contributed by atoms with Gasteiger partial charge in [0.05, 0.1) is 4.58 Å². The number of nitrogens with zero attached hydrogens (tertiary/aromatic N) is 1. The highest BCUT2D eigenvalue weighted by Crippen LogP contribution is 2.45. The molecule has 0 radical (unpaired) electrons. The van der Waals surface area contributed by atoms with Crippen LogP contribution in [0.4, 0.5) is 0 Å². The fraction of sp³-hybridized carbons (Fsp3) is 0.588. The summed E-state index contributed by atoms with van der Waals surface area (Å²) in [5.41, 5.74) is 2.09. The van der Waals surface area contributed by atoms with E-state index >= 15 is 0 Å². The van der Waals surface area contributed by atoms with Crippen LogP contribution in [0.5, 0.6) is 0 Å². The third-order valence-electron chi connectivity index (χ3n) is 4.21. The van der Waals surface area contributed by atoms with E-state index < -0.39 is 0 Å². The van der Waals surface area contributed by atoms with Gasteiger partial charge < -0.3 is 15.5 Å². The van der Waals surface area contributed by atoms with Gasteiger partial charge in [0.25, 0.3) is 5.91 Å². The van der Waals surface area contributed by atoms with E-state index in [9.17, 15) is 4.79 Å². The lowest BCUT2D eigenvalue weighted by Gasteiger charge is -2.27. The number of carbonyl (C=O) groups excluding carboxylic acids is 1. The maximum atomic E-state index is 12.2. The molecular formula is C17H25N3OS2. The van der Waals surface area contributed by atoms with Gasteiger partial charge in [-0.25, -0.2) is 0 Å². The Morgan fingerprint density at radius 2 is 1.87 bits per heavy atom. The monoisotopic (exact) mass is 351 g/mol. The van der Waals surface area contributed by atoms with Crippen LogP contribution in [-0.2, 0) is 0 Å². The molecule has 0 saturated carbocycles. The van der Waals surface area contributed by atoms with Crippen LogP contribution in [0.25, 0.3) is 0 Å². The lowest BCUT2D eigenvalue weighted by atomic mass is 10.1. The van der Waals surface area contributed by atoms with E-state index in [0.717, 1.165) is 51.3 Å². The molecule has 6 heteroatoms. The summed E-state index contributed by atoms with van der Waals surface area (Å²) >= 11 is 3.99. The molecule has 2 N–H and O–H groups in total. The Kier molecular flexibility index (Phi) is 6.68. The first-order chi connectivity index (χ1) is 11.3. The van der Waals surface area contributed by atoms with Gasteiger partial charge >= 0.3 is 0 Å². The largest absolute Gasteiger partial charge is 0.352 e. The molecule has 0 unspecified atom stereocenters. The summed E-state index contributed by atoms with van der Waals surface area (Å²) in [5, 5.41) is 6.39. The van der Waals surface area contributed by atoms with Crippen molar-refractivity contribution in [2.45, 2.75) is 11.0 Å². The average Bonchev–Trinajstić information content (AvgIpc) is 3.14. The van der Waals surface area contributed by atoms with Gasteiger partial charge in [-0.05, 0) is 30.7 Å². The van der Waals surface area contributed by atoms with Gasteiger partial charge in [0, 0.05) is 49.8 Å². The second kappa shape index (κ2) is 8.97. The summed E-state index contributed by atoms with van der Waals surface area (Å²) < 4.78 is 0.547. The first-order valence-corrected chi connectivity index (χ1v) is 10.5. The second-order valence-corrected chi connectivity index (χ2v) is 8.62. The van der Waals surface area contributed by atoms with E-state index in [1.54, 1.807) is 0 Å². The minimum absolute atomic E-state index is 0.0450. The van der Waals surface area contributed by atoms with Crippen LogP contribution in [0, 0.1) is 0 Å². The number of nitrogens with one attached hydrogen (secondary N) is 2. The van der Waals surface area contributed by atoms with Crippen molar-refractivity contribution in [3.05, 3.63) is 35.4 Å². The van der Waals surface area contributed by atoms with E-state index in [1.807, 2.05) is 35.7 Å². The highest BCUT2D eigenvalue weighted by molar-refractivity contribution is 8.19. The Morgan fingerprint density at radius 3 is 2.57 bits per heavy atom. The normalized spacial score (nSPS) is 19.8. The van der Waals surface area contributed by atoms with E-state index in [1.165, 1.54) is 17.1 Å². The van der Waals surface area contributed by atoms with Crippen molar-refractivity contribution < 1.29 is 4.79 Å². The van der Waals surface area contributed by atoms with E-state index in [4.69, 9.17) is 0 Å². The zero-order valence-corrected chi connectivity index (χ0v) is 15.1. The fourth-order valence-electron chi connectivity index (χ4n) is 2.88. The third kappa shape index (κ3) is 5.14. The highest BCUT2D eigenvalue weighted by atomic mass is 32.2. The van der Waals surface area contributed by atoms with Gasteiger partial charge in [0.15, 0.2) is 0 Å². The minimum Gasteiger partial charge on any atom is -0.352 e. The molecule has 0 bridgehead atoms. The number of thioether (sulfide) groups is 2. The van der Waals surface area contributed by atoms with Crippen molar-refractivity contribution in [3.63, 3.8) is 0 Å². The van der Waals surface area contributed by atoms with Crippen molar-refractivity contribution in [1.82, 2.24) is 15.5 Å². The van der Waals surface area contributed by atoms with Crippen LogP contribution < -0.4 is 10.6 Å². The lowest BCUT2D eigenvalue weighted by molar-refractivity contribution is 0.0951. The van der Waals surface area contributed by atoms with Gasteiger partial charge in [-0.3, -0.25) is 4.79 Å². The predicted molar refractivity (Wildman–Crippen MR) is 100 cm³/mol. The summed E-state index contributed by atoms with van der Waals surface area (Å²) in [5.74, 6) is 2.50. The van der Waals surface area contributed by atoms with Gasteiger partial charge in [0.1, 0.15) is 0 Å². The molecule has 2 heterocycles. The average molecular weight is 352 g/mol. The summed E-state index contributed by atoms with van der Waals surface area (Å²) in [7, 11) is 0. The van der Waals surface area contributed by atoms with E-state index in [0.29, 0.717) is 4.58 Å². The van der Waals surface area contributed by atoms with Crippen LogP contribution in [-0.4, -0.2) is 61.6 Å². The number of hydrogen-bond donors (Lipinski definition) is 2. The topological polar surface area (TPSA) is 44.4 Å². The van der Waals surface area contributed by atoms with Crippen molar-refractivity contribution in [1.29, 1.82) is 0 Å². The SMILES string of the molecule is O=C(NCCCN1CCNCC1)c1ccc(C2SCCS2)cc1. The number of benzene rings is 1. The first kappa shape index (κ1) is 17.1. The Morgan fingerprint density at radius 1 is 1.17 bits per heavy atom. The molecule has 0 aliphatic carbocycles. The van der Waals surface area contributed by atoms with Crippen LogP contribution in [0.15, 0.2) is 24.3 Å². The van der Waals surface area contributed by atoms with Gasteiger partial charge in [-0.15, -0.1) is 23.5 Å². The van der Waals surface area contributed by atoms with Crippen molar-refractivity contribution >= 4 is 29.4 Å². The molecule has 1 amide bonds. The highest BCUT2D eigenvalue weighted by Gasteiger charge is 2.18. The number of rotatable bonds is 6. The molecule has 0 aromatic heterocycles. The molecule has 23 heavy (non-hydrogen) atoms. The Labute approximate surface area is 147 Å². The molecule has 2 fully saturated rings. The maximum absolute atomic E-state index is 12.2. The summed E-state index contributed by atoms with van der Waals surface area (Å²) in [6.07, 6.45) is 1.01. The second-order valence-electron chi connectivity index (χ2n) is 5.90. The van der Waals surface area contributed by atoms with Crippen molar-refractivity contribution in [2.75, 3.05) is 50.8 Å². The number of hydrogen-bond acceptors (Lipinski definition) is 5. The molecule has 2 aliphatic heterocycles. The number of piperazine rings is 1. The van der Waals surface area contributed by atoms with Crippen LogP contribution in [0.1, 0.15) is 26.9 Å². The lowest BCUT2D eigenvalue weighted by Crippen LogP contribution is -2.44. The molecule has 4 nitrogen and oxygen atoms in total. The Bertz CT molecular complexity index is 497. The van der Waals surface area contributed by atoms with Crippen molar-refractivity contribution in [3.8, 4) is 0 Å². The van der Waals surface area contributed by atoms with Crippen LogP contribution in [0.3, 0.4) is 0 Å². The van der Waals surface area contributed by atoms with Crippen molar-refractivity contribution in [2.24, 2.45) is 0 Å². The molecule has 0 atom stereocenters. The van der Waals surface area contributed by atoms with Gasteiger partial charge in [0.2, 0.25) is 0 Å².